The number of ether oxygens (including phenoxy) is 1. The molecule has 1 N–H and O–H groups in total. The first kappa shape index (κ1) is 19.9. The standard InChI is InChI=1S/C19H39NO2/c1-16(2,3)13-15(17(4,5)6)22-14-11-18(7,8)20(21)19(9,10)12-14/h14-15,21H,11-13H2,1-10H3. The quantitative estimate of drug-likeness (QED) is 0.771. The van der Waals surface area contributed by atoms with Crippen LogP contribution in [0.15, 0.2) is 0 Å². The monoisotopic (exact) mass is 313 g/mol. The van der Waals surface area contributed by atoms with Crippen molar-refractivity contribution in [3.05, 3.63) is 0 Å². The Morgan fingerprint density at radius 1 is 1.00 bits per heavy atom. The van der Waals surface area contributed by atoms with Crippen LogP contribution in [0.4, 0.5) is 0 Å². The van der Waals surface area contributed by atoms with Crippen molar-refractivity contribution >= 4 is 0 Å². The summed E-state index contributed by atoms with van der Waals surface area (Å²) in [4.78, 5) is 0. The van der Waals surface area contributed by atoms with E-state index in [1.807, 2.05) is 0 Å². The molecule has 22 heavy (non-hydrogen) atoms. The van der Waals surface area contributed by atoms with Crippen LogP contribution < -0.4 is 0 Å². The van der Waals surface area contributed by atoms with Crippen LogP contribution in [0.3, 0.4) is 0 Å². The summed E-state index contributed by atoms with van der Waals surface area (Å²) in [6.07, 6.45) is 3.21. The number of hydrogen-bond donors (Lipinski definition) is 1. The van der Waals surface area contributed by atoms with E-state index in [1.54, 1.807) is 0 Å². The molecular weight excluding hydrogens is 274 g/mol. The first-order valence-corrected chi connectivity index (χ1v) is 8.69. The number of hydrogen-bond acceptors (Lipinski definition) is 3. The second-order valence-corrected chi connectivity index (χ2v) is 10.7. The molecule has 0 aliphatic carbocycles. The summed E-state index contributed by atoms with van der Waals surface area (Å²) in [6.45, 7) is 22.0. The first-order valence-electron chi connectivity index (χ1n) is 8.69. The molecule has 3 nitrogen and oxygen atoms in total. The predicted octanol–water partition coefficient (Wildman–Crippen LogP) is 5.26. The fourth-order valence-corrected chi connectivity index (χ4v) is 3.62. The minimum absolute atomic E-state index is 0.123. The van der Waals surface area contributed by atoms with Crippen LogP contribution in [-0.4, -0.2) is 33.6 Å². The van der Waals surface area contributed by atoms with Crippen molar-refractivity contribution in [2.24, 2.45) is 10.8 Å². The van der Waals surface area contributed by atoms with Crippen LogP contribution in [0.25, 0.3) is 0 Å². The minimum Gasteiger partial charge on any atom is -0.374 e. The fourth-order valence-electron chi connectivity index (χ4n) is 3.62. The van der Waals surface area contributed by atoms with Crippen LogP contribution in [-0.2, 0) is 4.74 Å². The number of piperidine rings is 1. The smallest absolute Gasteiger partial charge is 0.0632 e. The van der Waals surface area contributed by atoms with Gasteiger partial charge in [-0.25, -0.2) is 0 Å². The molecule has 132 valence electrons. The van der Waals surface area contributed by atoms with Crippen LogP contribution in [0, 0.1) is 10.8 Å². The first-order chi connectivity index (χ1) is 9.55. The molecule has 3 heteroatoms. The average Bonchev–Trinajstić information content (AvgIpc) is 2.20. The lowest BCUT2D eigenvalue weighted by molar-refractivity contribution is -0.268. The molecule has 1 aliphatic heterocycles. The van der Waals surface area contributed by atoms with Gasteiger partial charge in [0.15, 0.2) is 0 Å². The maximum atomic E-state index is 10.4. The summed E-state index contributed by atoms with van der Waals surface area (Å²) in [7, 11) is 0. The van der Waals surface area contributed by atoms with Crippen LogP contribution in [0.1, 0.15) is 88.5 Å². The topological polar surface area (TPSA) is 32.7 Å². The number of nitrogens with zero attached hydrogens (tertiary/aromatic N) is 1. The maximum absolute atomic E-state index is 10.4. The molecule has 1 atom stereocenters. The van der Waals surface area contributed by atoms with E-state index in [0.29, 0.717) is 0 Å². The molecule has 0 spiro atoms. The molecule has 1 aliphatic rings. The van der Waals surface area contributed by atoms with Crippen molar-refractivity contribution in [3.8, 4) is 0 Å². The van der Waals surface area contributed by atoms with Gasteiger partial charge in [-0.3, -0.25) is 0 Å². The van der Waals surface area contributed by atoms with Gasteiger partial charge in [-0.2, -0.15) is 5.06 Å². The van der Waals surface area contributed by atoms with Gasteiger partial charge in [0.2, 0.25) is 0 Å². The maximum Gasteiger partial charge on any atom is 0.0632 e. The highest BCUT2D eigenvalue weighted by Gasteiger charge is 2.46. The zero-order valence-corrected chi connectivity index (χ0v) is 16.6. The Hall–Kier alpha value is -0.120. The summed E-state index contributed by atoms with van der Waals surface area (Å²) >= 11 is 0. The Morgan fingerprint density at radius 2 is 1.41 bits per heavy atom. The third kappa shape index (κ3) is 5.21. The zero-order valence-electron chi connectivity index (χ0n) is 16.6. The Bertz CT molecular complexity index is 356. The van der Waals surface area contributed by atoms with E-state index < -0.39 is 0 Å². The second-order valence-electron chi connectivity index (χ2n) is 10.7. The van der Waals surface area contributed by atoms with Gasteiger partial charge in [0, 0.05) is 11.1 Å². The summed E-state index contributed by atoms with van der Waals surface area (Å²) in [5.41, 5.74) is -0.133. The lowest BCUT2D eigenvalue weighted by Gasteiger charge is -2.52. The second kappa shape index (κ2) is 6.07. The van der Waals surface area contributed by atoms with E-state index >= 15 is 0 Å². The Balaban J connectivity index is 2.90. The molecule has 1 heterocycles. The van der Waals surface area contributed by atoms with Crippen LogP contribution in [0.5, 0.6) is 0 Å². The van der Waals surface area contributed by atoms with E-state index in [-0.39, 0.29) is 34.1 Å². The van der Waals surface area contributed by atoms with E-state index in [2.05, 4.69) is 69.2 Å². The highest BCUT2D eigenvalue weighted by Crippen LogP contribution is 2.41. The number of rotatable bonds is 3. The van der Waals surface area contributed by atoms with E-state index in [1.165, 1.54) is 5.06 Å². The molecule has 0 radical (unpaired) electrons. The molecule has 1 rings (SSSR count). The van der Waals surface area contributed by atoms with Crippen molar-refractivity contribution < 1.29 is 9.94 Å². The van der Waals surface area contributed by atoms with Gasteiger partial charge in [-0.15, -0.1) is 0 Å². The lowest BCUT2D eigenvalue weighted by Crippen LogP contribution is -2.61. The van der Waals surface area contributed by atoms with E-state index in [4.69, 9.17) is 4.74 Å². The Labute approximate surface area is 138 Å². The van der Waals surface area contributed by atoms with Gasteiger partial charge in [0.25, 0.3) is 0 Å². The normalized spacial score (nSPS) is 25.2. The minimum atomic E-state index is -0.253. The zero-order chi connectivity index (χ0) is 17.6. The van der Waals surface area contributed by atoms with Crippen molar-refractivity contribution in [2.45, 2.75) is 112 Å². The van der Waals surface area contributed by atoms with Gasteiger partial charge < -0.3 is 9.94 Å². The molecule has 1 saturated heterocycles. The molecule has 0 aromatic carbocycles. The molecule has 0 aromatic heterocycles. The van der Waals surface area contributed by atoms with E-state index in [0.717, 1.165) is 19.3 Å². The fraction of sp³-hybridized carbons (Fsp3) is 1.00. The van der Waals surface area contributed by atoms with Gasteiger partial charge in [-0.1, -0.05) is 41.5 Å². The third-order valence-electron chi connectivity index (χ3n) is 4.72. The van der Waals surface area contributed by atoms with E-state index in [9.17, 15) is 5.21 Å². The largest absolute Gasteiger partial charge is 0.374 e. The molecule has 0 aromatic rings. The SMILES string of the molecule is CC(C)(C)CC(OC1CC(C)(C)N(O)C(C)(C)C1)C(C)(C)C. The van der Waals surface area contributed by atoms with Crippen LogP contribution >= 0.6 is 0 Å². The van der Waals surface area contributed by atoms with Crippen molar-refractivity contribution in [1.29, 1.82) is 0 Å². The van der Waals surface area contributed by atoms with Crippen LogP contribution in [0.2, 0.25) is 0 Å². The Morgan fingerprint density at radius 3 is 1.73 bits per heavy atom. The summed E-state index contributed by atoms with van der Waals surface area (Å²) < 4.78 is 6.61. The molecular formula is C19H39NO2. The average molecular weight is 314 g/mol. The predicted molar refractivity (Wildman–Crippen MR) is 93.2 cm³/mol. The van der Waals surface area contributed by atoms with Gasteiger partial charge in [-0.05, 0) is 57.8 Å². The molecule has 0 amide bonds. The molecule has 0 bridgehead atoms. The summed E-state index contributed by atoms with van der Waals surface area (Å²) in [5.74, 6) is 0. The van der Waals surface area contributed by atoms with Gasteiger partial charge >= 0.3 is 0 Å². The molecule has 1 fully saturated rings. The third-order valence-corrected chi connectivity index (χ3v) is 4.72. The lowest BCUT2D eigenvalue weighted by atomic mass is 9.77. The van der Waals surface area contributed by atoms with Crippen molar-refractivity contribution in [2.75, 3.05) is 0 Å². The van der Waals surface area contributed by atoms with Crippen molar-refractivity contribution in [3.63, 3.8) is 0 Å². The van der Waals surface area contributed by atoms with Crippen molar-refractivity contribution in [1.82, 2.24) is 5.06 Å². The molecule has 0 saturated carbocycles. The summed E-state index contributed by atoms with van der Waals surface area (Å²) in [6, 6.07) is 0. The van der Waals surface area contributed by atoms with Gasteiger partial charge in [0.05, 0.1) is 12.2 Å². The summed E-state index contributed by atoms with van der Waals surface area (Å²) in [5, 5.41) is 12.0. The van der Waals surface area contributed by atoms with Gasteiger partial charge in [0.1, 0.15) is 0 Å². The number of hydroxylamine groups is 2. The highest BCUT2D eigenvalue weighted by atomic mass is 16.5. The Kier molecular flexibility index (Phi) is 5.50. The highest BCUT2D eigenvalue weighted by molar-refractivity contribution is 4.97. The molecule has 1 unspecified atom stereocenters.